The van der Waals surface area contributed by atoms with Crippen LogP contribution in [0.5, 0.6) is 0 Å². The molecule has 2 bridgehead atoms. The van der Waals surface area contributed by atoms with Crippen LogP contribution in [0.3, 0.4) is 0 Å². The molecule has 2 aliphatic rings. The van der Waals surface area contributed by atoms with E-state index < -0.39 is 0 Å². The van der Waals surface area contributed by atoms with Crippen LogP contribution in [-0.2, 0) is 4.79 Å². The maximum Gasteiger partial charge on any atom is 0.223 e. The van der Waals surface area contributed by atoms with Gasteiger partial charge in [-0.05, 0) is 6.42 Å². The van der Waals surface area contributed by atoms with Gasteiger partial charge in [-0.1, -0.05) is 0 Å². The van der Waals surface area contributed by atoms with Crippen LogP contribution in [0, 0.1) is 0 Å². The number of carbonyl (C=O) groups excluding carboxylic acids is 1. The lowest BCUT2D eigenvalue weighted by Crippen LogP contribution is -2.34. The highest BCUT2D eigenvalue weighted by atomic mass is 16.2. The molecule has 0 radical (unpaired) electrons. The Morgan fingerprint density at radius 2 is 2.56 bits per heavy atom. The summed E-state index contributed by atoms with van der Waals surface area (Å²) in [5.41, 5.74) is 0. The summed E-state index contributed by atoms with van der Waals surface area (Å²) in [6, 6.07) is 0.600. The molecular formula is C6H10N2O. The molecule has 0 saturated carbocycles. The van der Waals surface area contributed by atoms with Crippen molar-refractivity contribution in [2.45, 2.75) is 18.9 Å². The van der Waals surface area contributed by atoms with E-state index in [1.54, 1.807) is 0 Å². The molecule has 2 fully saturated rings. The fourth-order valence-electron chi connectivity index (χ4n) is 1.47. The zero-order valence-corrected chi connectivity index (χ0v) is 5.26. The lowest BCUT2D eigenvalue weighted by molar-refractivity contribution is -0.131. The van der Waals surface area contributed by atoms with E-state index in [1.165, 1.54) is 0 Å². The Kier molecular flexibility index (Phi) is 0.990. The van der Waals surface area contributed by atoms with Crippen molar-refractivity contribution in [1.29, 1.82) is 0 Å². The van der Waals surface area contributed by atoms with Gasteiger partial charge in [0, 0.05) is 19.0 Å². The second-order valence-corrected chi connectivity index (χ2v) is 2.71. The number of carbonyl (C=O) groups is 1. The minimum atomic E-state index is 0.316. The minimum Gasteiger partial charge on any atom is -0.328 e. The third kappa shape index (κ3) is 0.721. The SMILES string of the molecule is O=C1CCC2CN1CN2. The molecule has 2 rings (SSSR count). The highest BCUT2D eigenvalue weighted by Crippen LogP contribution is 2.15. The lowest BCUT2D eigenvalue weighted by Gasteiger charge is -2.19. The van der Waals surface area contributed by atoms with Gasteiger partial charge in [0.2, 0.25) is 5.91 Å². The molecule has 0 spiro atoms. The molecule has 0 aliphatic carbocycles. The summed E-state index contributed by atoms with van der Waals surface area (Å²) in [5.74, 6) is 0.316. The van der Waals surface area contributed by atoms with Gasteiger partial charge in [-0.25, -0.2) is 0 Å². The number of nitrogens with zero attached hydrogens (tertiary/aromatic N) is 1. The van der Waals surface area contributed by atoms with Crippen molar-refractivity contribution in [3.63, 3.8) is 0 Å². The standard InChI is InChI=1S/C6H10N2O/c9-6-2-1-5-3-8(6)4-7-5/h5,7H,1-4H2. The predicted octanol–water partition coefficient (Wildman–Crippen LogP) is -0.462. The van der Waals surface area contributed by atoms with Gasteiger partial charge in [-0.2, -0.15) is 0 Å². The van der Waals surface area contributed by atoms with Crippen molar-refractivity contribution in [1.82, 2.24) is 10.2 Å². The monoisotopic (exact) mass is 126 g/mol. The first-order chi connectivity index (χ1) is 4.36. The molecule has 2 saturated heterocycles. The van der Waals surface area contributed by atoms with E-state index in [1.807, 2.05) is 4.90 Å². The Balaban J connectivity index is 2.14. The summed E-state index contributed by atoms with van der Waals surface area (Å²) in [7, 11) is 0. The summed E-state index contributed by atoms with van der Waals surface area (Å²) >= 11 is 0. The number of hydrogen-bond acceptors (Lipinski definition) is 2. The molecule has 3 nitrogen and oxygen atoms in total. The fraction of sp³-hybridized carbons (Fsp3) is 0.833. The number of nitrogens with one attached hydrogen (secondary N) is 1. The van der Waals surface area contributed by atoms with Gasteiger partial charge in [0.1, 0.15) is 0 Å². The number of amides is 1. The zero-order valence-electron chi connectivity index (χ0n) is 5.26. The van der Waals surface area contributed by atoms with E-state index in [0.717, 1.165) is 26.1 Å². The van der Waals surface area contributed by atoms with Gasteiger partial charge in [0.15, 0.2) is 0 Å². The van der Waals surface area contributed by atoms with Gasteiger partial charge in [0.25, 0.3) is 0 Å². The molecule has 9 heavy (non-hydrogen) atoms. The third-order valence-electron chi connectivity index (χ3n) is 2.07. The molecule has 2 aliphatic heterocycles. The van der Waals surface area contributed by atoms with Crippen LogP contribution < -0.4 is 5.32 Å². The van der Waals surface area contributed by atoms with Crippen molar-refractivity contribution in [3.8, 4) is 0 Å². The zero-order chi connectivity index (χ0) is 6.27. The lowest BCUT2D eigenvalue weighted by atomic mass is 10.1. The van der Waals surface area contributed by atoms with Crippen LogP contribution in [0.25, 0.3) is 0 Å². The number of fused-ring (bicyclic) bond motifs is 2. The number of rotatable bonds is 0. The van der Waals surface area contributed by atoms with Crippen molar-refractivity contribution >= 4 is 5.91 Å². The van der Waals surface area contributed by atoms with Crippen molar-refractivity contribution in [3.05, 3.63) is 0 Å². The second-order valence-electron chi connectivity index (χ2n) is 2.71. The first-order valence-electron chi connectivity index (χ1n) is 3.37. The Labute approximate surface area is 54.0 Å². The summed E-state index contributed by atoms with van der Waals surface area (Å²) in [6.07, 6.45) is 1.78. The molecular weight excluding hydrogens is 116 g/mol. The van der Waals surface area contributed by atoms with Gasteiger partial charge >= 0.3 is 0 Å². The largest absolute Gasteiger partial charge is 0.328 e. The van der Waals surface area contributed by atoms with Gasteiger partial charge in [0.05, 0.1) is 6.67 Å². The Morgan fingerprint density at radius 3 is 3.33 bits per heavy atom. The first kappa shape index (κ1) is 5.23. The van der Waals surface area contributed by atoms with Gasteiger partial charge in [-0.15, -0.1) is 0 Å². The van der Waals surface area contributed by atoms with E-state index in [0.29, 0.717) is 11.9 Å². The van der Waals surface area contributed by atoms with Crippen molar-refractivity contribution < 1.29 is 4.79 Å². The second kappa shape index (κ2) is 1.70. The maximum atomic E-state index is 10.9. The highest BCUT2D eigenvalue weighted by Gasteiger charge is 2.30. The predicted molar refractivity (Wildman–Crippen MR) is 32.7 cm³/mol. The molecule has 2 heterocycles. The first-order valence-corrected chi connectivity index (χ1v) is 3.37. The molecule has 0 aromatic carbocycles. The van der Waals surface area contributed by atoms with E-state index >= 15 is 0 Å². The Bertz CT molecular complexity index is 146. The summed E-state index contributed by atoms with van der Waals surface area (Å²) in [5, 5.41) is 3.25. The topological polar surface area (TPSA) is 32.3 Å². The van der Waals surface area contributed by atoms with Crippen LogP contribution in [0.4, 0.5) is 0 Å². The Morgan fingerprint density at radius 1 is 1.67 bits per heavy atom. The highest BCUT2D eigenvalue weighted by molar-refractivity contribution is 5.77. The molecule has 0 aromatic rings. The third-order valence-corrected chi connectivity index (χ3v) is 2.07. The van der Waals surface area contributed by atoms with Gasteiger partial charge in [-0.3, -0.25) is 10.1 Å². The molecule has 1 atom stereocenters. The molecule has 0 aromatic heterocycles. The summed E-state index contributed by atoms with van der Waals surface area (Å²) in [4.78, 5) is 12.8. The molecule has 3 heteroatoms. The molecule has 1 amide bonds. The number of hydrogen-bond donors (Lipinski definition) is 1. The van der Waals surface area contributed by atoms with Crippen LogP contribution in [0.1, 0.15) is 12.8 Å². The van der Waals surface area contributed by atoms with Crippen LogP contribution in [-0.4, -0.2) is 30.1 Å². The Hall–Kier alpha value is -0.570. The van der Waals surface area contributed by atoms with E-state index in [2.05, 4.69) is 5.32 Å². The average molecular weight is 126 g/mol. The molecule has 1 N–H and O–H groups in total. The van der Waals surface area contributed by atoms with Crippen molar-refractivity contribution in [2.24, 2.45) is 0 Å². The van der Waals surface area contributed by atoms with Crippen LogP contribution in [0.2, 0.25) is 0 Å². The van der Waals surface area contributed by atoms with Crippen LogP contribution >= 0.6 is 0 Å². The maximum absolute atomic E-state index is 10.9. The van der Waals surface area contributed by atoms with Gasteiger partial charge < -0.3 is 4.90 Å². The quantitative estimate of drug-likeness (QED) is 0.476. The summed E-state index contributed by atoms with van der Waals surface area (Å²) in [6.45, 7) is 1.72. The summed E-state index contributed by atoms with van der Waals surface area (Å²) < 4.78 is 0. The smallest absolute Gasteiger partial charge is 0.223 e. The van der Waals surface area contributed by atoms with E-state index in [-0.39, 0.29) is 0 Å². The number of piperidine rings is 1. The molecule has 1 unspecified atom stereocenters. The van der Waals surface area contributed by atoms with E-state index in [9.17, 15) is 4.79 Å². The fourth-order valence-corrected chi connectivity index (χ4v) is 1.47. The average Bonchev–Trinajstić information content (AvgIpc) is 2.25. The normalized spacial score (nSPS) is 33.6. The van der Waals surface area contributed by atoms with Crippen molar-refractivity contribution in [2.75, 3.05) is 13.2 Å². The van der Waals surface area contributed by atoms with E-state index in [4.69, 9.17) is 0 Å². The molecule has 50 valence electrons. The van der Waals surface area contributed by atoms with Crippen LogP contribution in [0.15, 0.2) is 0 Å². The minimum absolute atomic E-state index is 0.316.